The van der Waals surface area contributed by atoms with E-state index in [1.54, 1.807) is 24.6 Å². The van der Waals surface area contributed by atoms with Crippen molar-refractivity contribution in [3.8, 4) is 0 Å². The molecule has 1 aliphatic heterocycles. The van der Waals surface area contributed by atoms with Crippen LogP contribution < -0.4 is 10.6 Å². The second-order valence-corrected chi connectivity index (χ2v) is 8.33. The summed E-state index contributed by atoms with van der Waals surface area (Å²) in [6.07, 6.45) is 7.68. The molecule has 0 unspecified atom stereocenters. The smallest absolute Gasteiger partial charge is 0.264 e. The van der Waals surface area contributed by atoms with Gasteiger partial charge < -0.3 is 5.32 Å². The van der Waals surface area contributed by atoms with Crippen LogP contribution in [-0.2, 0) is 16.1 Å². The summed E-state index contributed by atoms with van der Waals surface area (Å²) in [5.74, 6) is 0.657. The molecule has 9 heteroatoms. The van der Waals surface area contributed by atoms with Crippen LogP contribution in [0, 0.1) is 12.8 Å². The monoisotopic (exact) mass is 440 g/mol. The maximum atomic E-state index is 11.9. The molecule has 3 heterocycles. The number of rotatable bonds is 9. The second kappa shape index (κ2) is 11.6. The van der Waals surface area contributed by atoms with Gasteiger partial charge in [-0.2, -0.15) is 0 Å². The molecule has 31 heavy (non-hydrogen) atoms. The number of aromatic nitrogens is 3. The van der Waals surface area contributed by atoms with Gasteiger partial charge in [-0.05, 0) is 69.3 Å². The Morgan fingerprint density at radius 2 is 2.06 bits per heavy atom. The highest BCUT2D eigenvalue weighted by Crippen LogP contribution is 2.20. The Bertz CT molecular complexity index is 928. The van der Waals surface area contributed by atoms with Gasteiger partial charge in [-0.1, -0.05) is 6.07 Å². The van der Waals surface area contributed by atoms with Crippen molar-refractivity contribution in [1.29, 1.82) is 0 Å². The fraction of sp³-hybridized carbons (Fsp3) is 0.409. The molecule has 0 aromatic carbocycles. The number of carbonyl (C=O) groups excluding carboxylic acids is 2. The van der Waals surface area contributed by atoms with Crippen molar-refractivity contribution in [2.75, 3.05) is 31.2 Å². The molecule has 164 valence electrons. The quantitative estimate of drug-likeness (QED) is 0.453. The summed E-state index contributed by atoms with van der Waals surface area (Å²) in [5, 5.41) is 5.47. The number of carbonyl (C=O) groups is 2. The highest BCUT2D eigenvalue weighted by Gasteiger charge is 2.19. The fourth-order valence-electron chi connectivity index (χ4n) is 3.52. The Labute approximate surface area is 187 Å². The molecule has 0 spiro atoms. The van der Waals surface area contributed by atoms with Gasteiger partial charge in [-0.25, -0.2) is 9.97 Å². The number of amides is 2. The highest BCUT2D eigenvalue weighted by molar-refractivity contribution is 8.03. The molecule has 2 aromatic rings. The van der Waals surface area contributed by atoms with E-state index in [0.29, 0.717) is 28.9 Å². The summed E-state index contributed by atoms with van der Waals surface area (Å²) < 4.78 is 0. The number of likely N-dealkylation sites (tertiary alicyclic amines) is 1. The largest absolute Gasteiger partial charge is 0.354 e. The SMILES string of the molecule is CS/C(=C\c1ccnc(NCC2CCN(Cc3cccc(C)n3)CC2)n1)C(=O)NC=O. The lowest BCUT2D eigenvalue weighted by Gasteiger charge is -2.31. The third-order valence-corrected chi connectivity index (χ3v) is 5.92. The number of nitrogens with one attached hydrogen (secondary N) is 2. The Kier molecular flexibility index (Phi) is 8.54. The minimum atomic E-state index is -0.441. The van der Waals surface area contributed by atoms with Gasteiger partial charge in [0.1, 0.15) is 0 Å². The lowest BCUT2D eigenvalue weighted by molar-refractivity contribution is -0.121. The first-order chi connectivity index (χ1) is 15.1. The zero-order valence-electron chi connectivity index (χ0n) is 17.9. The summed E-state index contributed by atoms with van der Waals surface area (Å²) in [6, 6.07) is 7.91. The third-order valence-electron chi connectivity index (χ3n) is 5.18. The van der Waals surface area contributed by atoms with Gasteiger partial charge in [-0.3, -0.25) is 24.8 Å². The van der Waals surface area contributed by atoms with Gasteiger partial charge >= 0.3 is 0 Å². The number of imide groups is 1. The number of piperidine rings is 1. The highest BCUT2D eigenvalue weighted by atomic mass is 32.2. The van der Waals surface area contributed by atoms with E-state index in [-0.39, 0.29) is 0 Å². The normalized spacial score (nSPS) is 15.5. The van der Waals surface area contributed by atoms with Crippen LogP contribution in [0.1, 0.15) is 29.9 Å². The van der Waals surface area contributed by atoms with Gasteiger partial charge in [0.2, 0.25) is 12.4 Å². The molecule has 1 aliphatic rings. The zero-order valence-corrected chi connectivity index (χ0v) is 18.7. The summed E-state index contributed by atoms with van der Waals surface area (Å²) >= 11 is 1.26. The molecule has 3 rings (SSSR count). The Morgan fingerprint density at radius 1 is 1.26 bits per heavy atom. The van der Waals surface area contributed by atoms with Crippen molar-refractivity contribution < 1.29 is 9.59 Å². The summed E-state index contributed by atoms with van der Waals surface area (Å²) in [7, 11) is 0. The van der Waals surface area contributed by atoms with Crippen molar-refractivity contribution >= 4 is 36.1 Å². The molecule has 1 saturated heterocycles. The van der Waals surface area contributed by atoms with E-state index in [4.69, 9.17) is 0 Å². The van der Waals surface area contributed by atoms with Crippen molar-refractivity contribution in [2.24, 2.45) is 5.92 Å². The zero-order chi connectivity index (χ0) is 22.1. The van der Waals surface area contributed by atoms with Gasteiger partial charge in [0, 0.05) is 25.0 Å². The molecule has 0 radical (unpaired) electrons. The first kappa shape index (κ1) is 22.9. The van der Waals surface area contributed by atoms with Crippen LogP contribution in [0.4, 0.5) is 5.95 Å². The topological polar surface area (TPSA) is 100 Å². The summed E-state index contributed by atoms with van der Waals surface area (Å²) in [4.78, 5) is 38.6. The van der Waals surface area contributed by atoms with Crippen molar-refractivity contribution in [3.63, 3.8) is 0 Å². The predicted molar refractivity (Wildman–Crippen MR) is 123 cm³/mol. The van der Waals surface area contributed by atoms with E-state index >= 15 is 0 Å². The van der Waals surface area contributed by atoms with E-state index in [2.05, 4.69) is 42.6 Å². The van der Waals surface area contributed by atoms with Crippen molar-refractivity contribution in [3.05, 3.63) is 52.4 Å². The van der Waals surface area contributed by atoms with Crippen LogP contribution in [0.25, 0.3) is 6.08 Å². The van der Waals surface area contributed by atoms with Crippen LogP contribution >= 0.6 is 11.8 Å². The van der Waals surface area contributed by atoms with Crippen LogP contribution in [0.15, 0.2) is 35.4 Å². The first-order valence-electron chi connectivity index (χ1n) is 10.3. The van der Waals surface area contributed by atoms with Crippen molar-refractivity contribution in [2.45, 2.75) is 26.3 Å². The van der Waals surface area contributed by atoms with Crippen molar-refractivity contribution in [1.82, 2.24) is 25.2 Å². The Morgan fingerprint density at radius 3 is 2.77 bits per heavy atom. The van der Waals surface area contributed by atoms with E-state index in [9.17, 15) is 9.59 Å². The number of nitrogens with zero attached hydrogens (tertiary/aromatic N) is 4. The van der Waals surface area contributed by atoms with Crippen LogP contribution in [0.2, 0.25) is 0 Å². The van der Waals surface area contributed by atoms with Gasteiger partial charge in [0.05, 0.1) is 16.3 Å². The molecule has 2 aromatic heterocycles. The second-order valence-electron chi connectivity index (χ2n) is 7.48. The molecular weight excluding hydrogens is 412 g/mol. The molecule has 0 bridgehead atoms. The van der Waals surface area contributed by atoms with E-state index in [1.807, 2.05) is 13.0 Å². The van der Waals surface area contributed by atoms with Crippen LogP contribution in [0.5, 0.6) is 0 Å². The lowest BCUT2D eigenvalue weighted by atomic mass is 9.96. The van der Waals surface area contributed by atoms with Gasteiger partial charge in [0.15, 0.2) is 0 Å². The summed E-state index contributed by atoms with van der Waals surface area (Å²) in [5.41, 5.74) is 2.80. The maximum absolute atomic E-state index is 11.9. The molecule has 0 aliphatic carbocycles. The van der Waals surface area contributed by atoms with E-state index in [0.717, 1.165) is 50.4 Å². The maximum Gasteiger partial charge on any atom is 0.264 e. The number of hydrogen-bond acceptors (Lipinski definition) is 8. The summed E-state index contributed by atoms with van der Waals surface area (Å²) in [6.45, 7) is 5.83. The number of anilines is 1. The molecule has 2 amide bonds. The third kappa shape index (κ3) is 7.15. The van der Waals surface area contributed by atoms with E-state index < -0.39 is 5.91 Å². The lowest BCUT2D eigenvalue weighted by Crippen LogP contribution is -2.35. The molecule has 0 saturated carbocycles. The minimum Gasteiger partial charge on any atom is -0.354 e. The van der Waals surface area contributed by atoms with Crippen LogP contribution in [-0.4, -0.2) is 58.1 Å². The molecule has 2 N–H and O–H groups in total. The fourth-order valence-corrected chi connectivity index (χ4v) is 4.00. The number of aryl methyl sites for hydroxylation is 1. The van der Waals surface area contributed by atoms with Crippen LogP contribution in [0.3, 0.4) is 0 Å². The van der Waals surface area contributed by atoms with Gasteiger partial charge in [0.25, 0.3) is 5.91 Å². The van der Waals surface area contributed by atoms with Gasteiger partial charge in [-0.15, -0.1) is 11.8 Å². The predicted octanol–water partition coefficient (Wildman–Crippen LogP) is 2.48. The average molecular weight is 441 g/mol. The molecule has 1 fully saturated rings. The average Bonchev–Trinajstić information content (AvgIpc) is 2.77. The number of hydrogen-bond donors (Lipinski definition) is 2. The standard InChI is InChI=1S/C22H28N6O2S/c1-16-4-3-5-19(26-16)14-28-10-7-17(8-11-28)13-24-22-23-9-6-18(27-22)12-20(31-2)21(30)25-15-29/h3-6,9,12,15,17H,7-8,10-11,13-14H2,1-2H3,(H,23,24,27)(H,25,29,30)/b20-12-. The first-order valence-corrected chi connectivity index (χ1v) is 11.5. The number of pyridine rings is 1. The Balaban J connectivity index is 1.49. The Hall–Kier alpha value is -2.78. The minimum absolute atomic E-state index is 0.377. The van der Waals surface area contributed by atoms with E-state index in [1.165, 1.54) is 11.8 Å². The molecular formula is C22H28N6O2S. The molecule has 0 atom stereocenters. The molecule has 8 nitrogen and oxygen atoms in total. The number of thioether (sulfide) groups is 1.